The molecular formula is C29H27BrClN3OS. The van der Waals surface area contributed by atoms with Gasteiger partial charge in [-0.25, -0.2) is 5.43 Å². The van der Waals surface area contributed by atoms with E-state index < -0.39 is 0 Å². The molecule has 36 heavy (non-hydrogen) atoms. The molecule has 0 fully saturated rings. The number of nitrogens with zero attached hydrogens (tertiary/aromatic N) is 1. The van der Waals surface area contributed by atoms with E-state index in [1.165, 1.54) is 11.1 Å². The van der Waals surface area contributed by atoms with E-state index in [9.17, 15) is 4.79 Å². The van der Waals surface area contributed by atoms with E-state index >= 15 is 0 Å². The molecule has 0 radical (unpaired) electrons. The van der Waals surface area contributed by atoms with E-state index in [1.54, 1.807) is 11.8 Å². The topological polar surface area (TPSA) is 53.5 Å². The van der Waals surface area contributed by atoms with Gasteiger partial charge in [-0.2, -0.15) is 5.10 Å². The third kappa shape index (κ3) is 5.56. The van der Waals surface area contributed by atoms with Crippen molar-refractivity contribution in [3.8, 4) is 0 Å². The van der Waals surface area contributed by atoms with Crippen molar-refractivity contribution in [1.82, 2.24) is 5.43 Å². The van der Waals surface area contributed by atoms with E-state index in [1.807, 2.05) is 37.3 Å². The molecular weight excluding hydrogens is 554 g/mol. The molecule has 5 rings (SSSR count). The summed E-state index contributed by atoms with van der Waals surface area (Å²) in [5, 5.41) is 8.93. The Morgan fingerprint density at radius 1 is 1.14 bits per heavy atom. The summed E-state index contributed by atoms with van der Waals surface area (Å²) < 4.78 is 1.05. The van der Waals surface area contributed by atoms with Crippen molar-refractivity contribution in [2.75, 3.05) is 11.1 Å². The van der Waals surface area contributed by atoms with Gasteiger partial charge >= 0.3 is 0 Å². The van der Waals surface area contributed by atoms with Crippen molar-refractivity contribution < 1.29 is 4.79 Å². The molecule has 0 aromatic heterocycles. The third-order valence-corrected chi connectivity index (χ3v) is 8.60. The van der Waals surface area contributed by atoms with Crippen LogP contribution in [0.5, 0.6) is 0 Å². The predicted molar refractivity (Wildman–Crippen MR) is 155 cm³/mol. The molecule has 3 aromatic rings. The van der Waals surface area contributed by atoms with Gasteiger partial charge in [0, 0.05) is 26.9 Å². The molecule has 0 spiro atoms. The number of rotatable bonds is 7. The van der Waals surface area contributed by atoms with Gasteiger partial charge in [0.15, 0.2) is 0 Å². The molecule has 0 unspecified atom stereocenters. The Kier molecular flexibility index (Phi) is 7.85. The van der Waals surface area contributed by atoms with Gasteiger partial charge in [-0.05, 0) is 71.8 Å². The first-order valence-electron chi connectivity index (χ1n) is 12.0. The molecule has 3 atom stereocenters. The normalized spacial score (nSPS) is 20.4. The van der Waals surface area contributed by atoms with Crippen LogP contribution in [-0.2, 0) is 10.5 Å². The maximum Gasteiger partial charge on any atom is 0.250 e. The Morgan fingerprint density at radius 2 is 2.00 bits per heavy atom. The highest BCUT2D eigenvalue weighted by Gasteiger charge is 2.38. The van der Waals surface area contributed by atoms with Crippen LogP contribution >= 0.6 is 39.3 Å². The molecule has 184 valence electrons. The van der Waals surface area contributed by atoms with Crippen molar-refractivity contribution >= 4 is 56.6 Å². The quantitative estimate of drug-likeness (QED) is 0.171. The predicted octanol–water partition coefficient (Wildman–Crippen LogP) is 7.70. The number of hydrogen-bond donors (Lipinski definition) is 2. The van der Waals surface area contributed by atoms with Gasteiger partial charge in [0.1, 0.15) is 0 Å². The summed E-state index contributed by atoms with van der Waals surface area (Å²) in [5.74, 6) is 1.76. The van der Waals surface area contributed by atoms with Crippen LogP contribution in [0.4, 0.5) is 5.69 Å². The lowest BCUT2D eigenvalue weighted by atomic mass is 9.76. The first kappa shape index (κ1) is 25.1. The molecule has 0 bridgehead atoms. The molecule has 2 aliphatic rings. The van der Waals surface area contributed by atoms with Gasteiger partial charge in [0.2, 0.25) is 5.91 Å². The van der Waals surface area contributed by atoms with Crippen molar-refractivity contribution in [3.05, 3.63) is 111 Å². The second kappa shape index (κ2) is 11.2. The summed E-state index contributed by atoms with van der Waals surface area (Å²) in [7, 11) is 0. The summed E-state index contributed by atoms with van der Waals surface area (Å²) in [6.45, 7) is 1.93. The van der Waals surface area contributed by atoms with Gasteiger partial charge in [0.25, 0.3) is 0 Å². The number of nitrogens with one attached hydrogen (secondary N) is 2. The fourth-order valence-corrected chi connectivity index (χ4v) is 6.45. The van der Waals surface area contributed by atoms with Crippen LogP contribution in [0.3, 0.4) is 0 Å². The van der Waals surface area contributed by atoms with Crippen molar-refractivity contribution in [2.45, 2.75) is 31.1 Å². The number of fused-ring (bicyclic) bond motifs is 3. The Hall–Kier alpha value is -2.54. The van der Waals surface area contributed by atoms with Crippen LogP contribution in [-0.4, -0.2) is 17.4 Å². The minimum absolute atomic E-state index is 0.102. The monoisotopic (exact) mass is 579 g/mol. The molecule has 2 N–H and O–H groups in total. The van der Waals surface area contributed by atoms with Crippen molar-refractivity contribution in [3.63, 3.8) is 0 Å². The van der Waals surface area contributed by atoms with E-state index in [2.05, 4.69) is 80.3 Å². The Morgan fingerprint density at radius 3 is 2.83 bits per heavy atom. The van der Waals surface area contributed by atoms with Crippen molar-refractivity contribution in [1.29, 1.82) is 0 Å². The molecule has 1 amide bonds. The van der Waals surface area contributed by atoms with Crippen molar-refractivity contribution in [2.24, 2.45) is 11.0 Å². The number of carbonyl (C=O) groups is 1. The molecule has 0 saturated carbocycles. The standard InChI is InChI=1S/C29H27BrClN3OS/c1-18(33-34-28(35)17-36-16-19-6-4-7-21(30)14-19)20-12-13-27-25(15-20)22-9-5-10-23(22)29(32-27)24-8-2-3-11-26(24)31/h2-9,11-15,22-23,29,32H,10,16-17H2,1H3,(H,34,35)/b33-18-/t22-,23+,29-/m1/s1. The van der Waals surface area contributed by atoms with Gasteiger partial charge in [-0.1, -0.05) is 76.1 Å². The van der Waals surface area contributed by atoms with E-state index in [0.717, 1.165) is 44.2 Å². The molecule has 7 heteroatoms. The average Bonchev–Trinajstić information content (AvgIpc) is 3.37. The number of halogens is 2. The maximum absolute atomic E-state index is 12.3. The molecule has 1 aliphatic heterocycles. The Labute approximate surface area is 229 Å². The number of anilines is 1. The minimum atomic E-state index is -0.102. The van der Waals surface area contributed by atoms with Gasteiger partial charge in [-0.3, -0.25) is 4.79 Å². The Bertz CT molecular complexity index is 1340. The average molecular weight is 581 g/mol. The zero-order valence-electron chi connectivity index (χ0n) is 19.9. The first-order chi connectivity index (χ1) is 17.5. The van der Waals surface area contributed by atoms with Crippen LogP contribution in [0.25, 0.3) is 0 Å². The molecule has 4 nitrogen and oxygen atoms in total. The lowest BCUT2D eigenvalue weighted by molar-refractivity contribution is -0.118. The smallest absolute Gasteiger partial charge is 0.250 e. The number of hydrogen-bond acceptors (Lipinski definition) is 4. The highest BCUT2D eigenvalue weighted by molar-refractivity contribution is 9.10. The third-order valence-electron chi connectivity index (χ3n) is 6.76. The second-order valence-electron chi connectivity index (χ2n) is 9.15. The number of allylic oxidation sites excluding steroid dienone is 2. The SMILES string of the molecule is C/C(=N/NC(=O)CSCc1cccc(Br)c1)c1ccc2c(c1)[C@@H]1C=CC[C@@H]1[C@H](c1ccccc1Cl)N2. The van der Waals surface area contributed by atoms with Crippen LogP contribution in [0.1, 0.15) is 47.6 Å². The Balaban J connectivity index is 1.25. The van der Waals surface area contributed by atoms with Gasteiger partial charge < -0.3 is 5.32 Å². The zero-order valence-corrected chi connectivity index (χ0v) is 23.0. The summed E-state index contributed by atoms with van der Waals surface area (Å²) in [6.07, 6.45) is 5.60. The lowest BCUT2D eigenvalue weighted by Crippen LogP contribution is -2.29. The van der Waals surface area contributed by atoms with E-state index in [4.69, 9.17) is 11.6 Å². The summed E-state index contributed by atoms with van der Waals surface area (Å²) in [6, 6.07) is 22.8. The largest absolute Gasteiger partial charge is 0.378 e. The summed E-state index contributed by atoms with van der Waals surface area (Å²) in [5.41, 5.74) is 9.22. The van der Waals surface area contributed by atoms with Crippen LogP contribution in [0.15, 0.2) is 88.5 Å². The van der Waals surface area contributed by atoms with Crippen LogP contribution < -0.4 is 10.7 Å². The van der Waals surface area contributed by atoms with Crippen LogP contribution in [0, 0.1) is 5.92 Å². The highest BCUT2D eigenvalue weighted by Crippen LogP contribution is 2.50. The minimum Gasteiger partial charge on any atom is -0.378 e. The molecule has 0 saturated heterocycles. The summed E-state index contributed by atoms with van der Waals surface area (Å²) in [4.78, 5) is 12.3. The molecule has 1 heterocycles. The van der Waals surface area contributed by atoms with E-state index in [-0.39, 0.29) is 11.9 Å². The molecule has 1 aliphatic carbocycles. The van der Waals surface area contributed by atoms with Crippen LogP contribution in [0.2, 0.25) is 5.02 Å². The number of benzene rings is 3. The number of hydrazone groups is 1. The van der Waals surface area contributed by atoms with Gasteiger partial charge in [-0.15, -0.1) is 11.8 Å². The second-order valence-corrected chi connectivity index (χ2v) is 11.5. The number of amides is 1. The first-order valence-corrected chi connectivity index (χ1v) is 14.3. The van der Waals surface area contributed by atoms with E-state index in [0.29, 0.717) is 17.6 Å². The lowest BCUT2D eigenvalue weighted by Gasteiger charge is -2.38. The summed E-state index contributed by atoms with van der Waals surface area (Å²) >= 11 is 11.6. The fourth-order valence-electron chi connectivity index (χ4n) is 4.99. The maximum atomic E-state index is 12.3. The zero-order chi connectivity index (χ0) is 25.1. The van der Waals surface area contributed by atoms with Gasteiger partial charge in [0.05, 0.1) is 17.5 Å². The highest BCUT2D eigenvalue weighted by atomic mass is 79.9. The fraction of sp³-hybridized carbons (Fsp3) is 0.241. The molecule has 3 aromatic carbocycles. The number of carbonyl (C=O) groups excluding carboxylic acids is 1. The number of thioether (sulfide) groups is 1.